The summed E-state index contributed by atoms with van der Waals surface area (Å²) in [6.45, 7) is 7.49. The number of benzene rings is 1. The second kappa shape index (κ2) is 8.62. The number of aliphatic hydroxyl groups is 1. The Bertz CT molecular complexity index is 453. The van der Waals surface area contributed by atoms with Gasteiger partial charge in [0.05, 0.1) is 11.0 Å². The van der Waals surface area contributed by atoms with E-state index in [2.05, 4.69) is 18.7 Å². The van der Waals surface area contributed by atoms with Crippen molar-refractivity contribution in [1.82, 2.24) is 0 Å². The molecule has 1 atom stereocenters. The first-order valence-corrected chi connectivity index (χ1v) is 7.72. The van der Waals surface area contributed by atoms with Crippen LogP contribution in [0.2, 0.25) is 0 Å². The highest BCUT2D eigenvalue weighted by Gasteiger charge is 2.20. The molecule has 0 aromatic heterocycles. The Morgan fingerprint density at radius 2 is 1.81 bits per heavy atom. The van der Waals surface area contributed by atoms with E-state index in [0.717, 1.165) is 38.8 Å². The van der Waals surface area contributed by atoms with E-state index < -0.39 is 6.10 Å². The molecular weight excluding hydrogens is 268 g/mol. The van der Waals surface area contributed by atoms with Crippen LogP contribution >= 0.6 is 0 Å². The molecule has 0 amide bonds. The van der Waals surface area contributed by atoms with Crippen LogP contribution in [0.25, 0.3) is 0 Å². The summed E-state index contributed by atoms with van der Waals surface area (Å²) in [5.74, 6) is 0. The van der Waals surface area contributed by atoms with Gasteiger partial charge in [0.25, 0.3) is 5.69 Å². The number of rotatable bonds is 9. The predicted molar refractivity (Wildman–Crippen MR) is 85.8 cm³/mol. The average Bonchev–Trinajstić information content (AvgIpc) is 2.46. The second-order valence-electron chi connectivity index (χ2n) is 5.38. The first-order chi connectivity index (χ1) is 10.0. The summed E-state index contributed by atoms with van der Waals surface area (Å²) in [7, 11) is 0. The van der Waals surface area contributed by atoms with Crippen molar-refractivity contribution in [3.63, 3.8) is 0 Å². The van der Waals surface area contributed by atoms with Crippen molar-refractivity contribution in [2.45, 2.75) is 52.6 Å². The number of anilines is 1. The van der Waals surface area contributed by atoms with Crippen LogP contribution in [0.5, 0.6) is 0 Å². The Morgan fingerprint density at radius 1 is 1.24 bits per heavy atom. The van der Waals surface area contributed by atoms with Crippen LogP contribution < -0.4 is 4.90 Å². The van der Waals surface area contributed by atoms with Crippen LogP contribution in [0.15, 0.2) is 18.2 Å². The number of hydrogen-bond donors (Lipinski definition) is 1. The van der Waals surface area contributed by atoms with Crippen LogP contribution in [0.4, 0.5) is 11.4 Å². The third kappa shape index (κ3) is 5.01. The summed E-state index contributed by atoms with van der Waals surface area (Å²) in [5.41, 5.74) is 1.32. The van der Waals surface area contributed by atoms with Crippen LogP contribution in [-0.4, -0.2) is 23.1 Å². The minimum atomic E-state index is -0.697. The summed E-state index contributed by atoms with van der Waals surface area (Å²) in [5, 5.41) is 21.0. The molecule has 1 aromatic rings. The molecule has 118 valence electrons. The number of hydrogen-bond acceptors (Lipinski definition) is 4. The smallest absolute Gasteiger partial charge is 0.292 e. The van der Waals surface area contributed by atoms with Gasteiger partial charge >= 0.3 is 0 Å². The predicted octanol–water partition coefficient (Wildman–Crippen LogP) is 4.05. The van der Waals surface area contributed by atoms with Crippen LogP contribution in [-0.2, 0) is 0 Å². The molecule has 5 heteroatoms. The van der Waals surface area contributed by atoms with E-state index >= 15 is 0 Å². The summed E-state index contributed by atoms with van der Waals surface area (Å²) < 4.78 is 0. The third-order valence-corrected chi connectivity index (χ3v) is 3.58. The molecule has 1 aromatic carbocycles. The fraction of sp³-hybridized carbons (Fsp3) is 0.625. The minimum Gasteiger partial charge on any atom is -0.389 e. The lowest BCUT2D eigenvalue weighted by Gasteiger charge is -2.24. The second-order valence-corrected chi connectivity index (χ2v) is 5.38. The monoisotopic (exact) mass is 294 g/mol. The van der Waals surface area contributed by atoms with Gasteiger partial charge in [-0.2, -0.15) is 0 Å². The molecule has 21 heavy (non-hydrogen) atoms. The zero-order valence-electron chi connectivity index (χ0n) is 13.2. The third-order valence-electron chi connectivity index (χ3n) is 3.58. The lowest BCUT2D eigenvalue weighted by atomic mass is 10.1. The Hall–Kier alpha value is -1.62. The number of unbranched alkanes of at least 4 members (excludes halogenated alkanes) is 2. The SMILES string of the molecule is CCCCN(CCCC)c1ccc([C@@H](C)O)cc1[N+](=O)[O-]. The minimum absolute atomic E-state index is 0.0839. The molecule has 0 aliphatic carbocycles. The molecule has 0 aliphatic rings. The maximum absolute atomic E-state index is 11.3. The summed E-state index contributed by atoms with van der Waals surface area (Å²) >= 11 is 0. The average molecular weight is 294 g/mol. The van der Waals surface area contributed by atoms with Gasteiger partial charge in [0.2, 0.25) is 0 Å². The maximum Gasteiger partial charge on any atom is 0.292 e. The van der Waals surface area contributed by atoms with E-state index in [9.17, 15) is 15.2 Å². The highest BCUT2D eigenvalue weighted by Crippen LogP contribution is 2.31. The fourth-order valence-electron chi connectivity index (χ4n) is 2.26. The molecule has 0 saturated carbocycles. The van der Waals surface area contributed by atoms with Crippen molar-refractivity contribution in [3.8, 4) is 0 Å². The standard InChI is InChI=1S/C16H26N2O3/c1-4-6-10-17(11-7-5-2)15-9-8-14(13(3)19)12-16(15)18(20)21/h8-9,12-13,19H,4-7,10-11H2,1-3H3/t13-/m1/s1. The van der Waals surface area contributed by atoms with E-state index in [-0.39, 0.29) is 10.6 Å². The van der Waals surface area contributed by atoms with Gasteiger partial charge in [0.15, 0.2) is 0 Å². The normalized spacial score (nSPS) is 12.2. The van der Waals surface area contributed by atoms with Gasteiger partial charge in [-0.15, -0.1) is 0 Å². The number of aliphatic hydroxyl groups excluding tert-OH is 1. The van der Waals surface area contributed by atoms with Gasteiger partial charge < -0.3 is 10.0 Å². The number of nitro groups is 1. The highest BCUT2D eigenvalue weighted by atomic mass is 16.6. The Morgan fingerprint density at radius 3 is 2.24 bits per heavy atom. The van der Waals surface area contributed by atoms with E-state index in [1.54, 1.807) is 19.1 Å². The van der Waals surface area contributed by atoms with Crippen molar-refractivity contribution < 1.29 is 10.0 Å². The van der Waals surface area contributed by atoms with Gasteiger partial charge in [-0.25, -0.2) is 0 Å². The Balaban J connectivity index is 3.12. The molecule has 0 fully saturated rings. The summed E-state index contributed by atoms with van der Waals surface area (Å²) in [6, 6.07) is 5.04. The van der Waals surface area contributed by atoms with Crippen molar-refractivity contribution in [3.05, 3.63) is 33.9 Å². The number of nitrogens with zero attached hydrogens (tertiary/aromatic N) is 2. The van der Waals surface area contributed by atoms with Crippen molar-refractivity contribution in [2.75, 3.05) is 18.0 Å². The Kier molecular flexibility index (Phi) is 7.15. The molecule has 0 saturated heterocycles. The van der Waals surface area contributed by atoms with Crippen LogP contribution in [0.3, 0.4) is 0 Å². The van der Waals surface area contributed by atoms with Gasteiger partial charge in [-0.05, 0) is 31.4 Å². The molecule has 0 aliphatic heterocycles. The molecule has 0 heterocycles. The summed E-state index contributed by atoms with van der Waals surface area (Å²) in [4.78, 5) is 13.1. The van der Waals surface area contributed by atoms with Gasteiger partial charge in [-0.1, -0.05) is 32.8 Å². The quantitative estimate of drug-likeness (QED) is 0.551. The van der Waals surface area contributed by atoms with E-state index in [1.807, 2.05) is 0 Å². The van der Waals surface area contributed by atoms with Crippen molar-refractivity contribution in [2.24, 2.45) is 0 Å². The van der Waals surface area contributed by atoms with Crippen molar-refractivity contribution >= 4 is 11.4 Å². The molecule has 0 radical (unpaired) electrons. The molecule has 1 N–H and O–H groups in total. The topological polar surface area (TPSA) is 66.6 Å². The molecule has 0 bridgehead atoms. The fourth-order valence-corrected chi connectivity index (χ4v) is 2.26. The molecule has 0 unspecified atom stereocenters. The largest absolute Gasteiger partial charge is 0.389 e. The first-order valence-electron chi connectivity index (χ1n) is 7.72. The molecule has 0 spiro atoms. The zero-order valence-corrected chi connectivity index (χ0v) is 13.2. The first kappa shape index (κ1) is 17.4. The van der Waals surface area contributed by atoms with E-state index in [0.29, 0.717) is 11.3 Å². The summed E-state index contributed by atoms with van der Waals surface area (Å²) in [6.07, 6.45) is 3.44. The molecule has 1 rings (SSSR count). The lowest BCUT2D eigenvalue weighted by molar-refractivity contribution is -0.384. The molecular formula is C16H26N2O3. The van der Waals surface area contributed by atoms with Gasteiger partial charge in [0.1, 0.15) is 5.69 Å². The zero-order chi connectivity index (χ0) is 15.8. The van der Waals surface area contributed by atoms with Crippen molar-refractivity contribution in [1.29, 1.82) is 0 Å². The number of nitro benzene ring substituents is 1. The highest BCUT2D eigenvalue weighted by molar-refractivity contribution is 5.64. The van der Waals surface area contributed by atoms with E-state index in [1.165, 1.54) is 6.07 Å². The maximum atomic E-state index is 11.3. The lowest BCUT2D eigenvalue weighted by Crippen LogP contribution is -2.26. The van der Waals surface area contributed by atoms with Crippen LogP contribution in [0, 0.1) is 10.1 Å². The van der Waals surface area contributed by atoms with E-state index in [4.69, 9.17) is 0 Å². The van der Waals surface area contributed by atoms with Gasteiger partial charge in [-0.3, -0.25) is 10.1 Å². The van der Waals surface area contributed by atoms with Crippen LogP contribution in [0.1, 0.15) is 58.1 Å². The Labute approximate surface area is 126 Å². The van der Waals surface area contributed by atoms with Gasteiger partial charge in [0, 0.05) is 19.2 Å². The molecule has 5 nitrogen and oxygen atoms in total.